The van der Waals surface area contributed by atoms with E-state index < -0.39 is 0 Å². The van der Waals surface area contributed by atoms with Crippen LogP contribution in [0.2, 0.25) is 0 Å². The van der Waals surface area contributed by atoms with Crippen LogP contribution in [0.25, 0.3) is 0 Å². The predicted molar refractivity (Wildman–Crippen MR) is 91.3 cm³/mol. The molecule has 7 heteroatoms. The van der Waals surface area contributed by atoms with Gasteiger partial charge in [0, 0.05) is 13.0 Å². The van der Waals surface area contributed by atoms with Crippen LogP contribution in [-0.2, 0) is 11.2 Å². The number of amides is 1. The van der Waals surface area contributed by atoms with Crippen LogP contribution >= 0.6 is 11.3 Å². The smallest absolute Gasteiger partial charge is 0.264 e. The number of hydrogen-bond acceptors (Lipinski definition) is 5. The second kappa shape index (κ2) is 6.64. The highest BCUT2D eigenvalue weighted by Crippen LogP contribution is 2.43. The number of hydrogen-bond donors (Lipinski definition) is 1. The van der Waals surface area contributed by atoms with E-state index in [1.807, 2.05) is 10.3 Å². The summed E-state index contributed by atoms with van der Waals surface area (Å²) in [4.78, 5) is 20.2. The summed E-state index contributed by atoms with van der Waals surface area (Å²) in [6, 6.07) is 2.11. The van der Waals surface area contributed by atoms with Gasteiger partial charge in [-0.15, -0.1) is 11.3 Å². The molecule has 1 atom stereocenters. The van der Waals surface area contributed by atoms with Crippen LogP contribution in [0.1, 0.15) is 65.1 Å². The van der Waals surface area contributed by atoms with Crippen LogP contribution in [0.5, 0.6) is 0 Å². The van der Waals surface area contributed by atoms with Gasteiger partial charge < -0.3 is 9.64 Å². The van der Waals surface area contributed by atoms with Crippen LogP contribution in [0.3, 0.4) is 0 Å². The maximum atomic E-state index is 12.9. The van der Waals surface area contributed by atoms with Crippen molar-refractivity contribution in [2.24, 2.45) is 0 Å². The van der Waals surface area contributed by atoms with Crippen molar-refractivity contribution in [3.63, 3.8) is 0 Å². The molecular weight excluding hydrogens is 324 g/mol. The third-order valence-electron chi connectivity index (χ3n) is 4.58. The summed E-state index contributed by atoms with van der Waals surface area (Å²) in [5.41, 5.74) is 1.23. The van der Waals surface area contributed by atoms with Crippen molar-refractivity contribution < 1.29 is 9.53 Å². The number of carbonyl (C=O) groups is 1. The van der Waals surface area contributed by atoms with Crippen molar-refractivity contribution in [3.8, 4) is 0 Å². The lowest BCUT2D eigenvalue weighted by atomic mass is 10.1. The van der Waals surface area contributed by atoms with Crippen molar-refractivity contribution in [1.29, 1.82) is 0 Å². The molecule has 2 aliphatic rings. The zero-order valence-electron chi connectivity index (χ0n) is 13.8. The molecule has 2 aromatic rings. The zero-order valence-corrected chi connectivity index (χ0v) is 14.6. The summed E-state index contributed by atoms with van der Waals surface area (Å²) >= 11 is 1.56. The van der Waals surface area contributed by atoms with Gasteiger partial charge in [-0.25, -0.2) is 4.98 Å². The number of rotatable bonds is 5. The topological polar surface area (TPSA) is 71.1 Å². The Morgan fingerprint density at radius 1 is 1.50 bits per heavy atom. The molecule has 1 saturated carbocycles. The first-order chi connectivity index (χ1) is 11.8. The Bertz CT molecular complexity index is 722. The number of carbonyl (C=O) groups excluding carboxylic acids is 1. The van der Waals surface area contributed by atoms with E-state index in [4.69, 9.17) is 4.74 Å². The molecule has 1 saturated heterocycles. The Kier molecular flexibility index (Phi) is 4.37. The quantitative estimate of drug-likeness (QED) is 0.904. The lowest BCUT2D eigenvalue weighted by molar-refractivity contribution is -0.0265. The fourth-order valence-corrected chi connectivity index (χ4v) is 4.10. The monoisotopic (exact) mass is 346 g/mol. The van der Waals surface area contributed by atoms with Crippen molar-refractivity contribution in [3.05, 3.63) is 33.5 Å². The van der Waals surface area contributed by atoms with E-state index in [1.165, 1.54) is 18.4 Å². The van der Waals surface area contributed by atoms with Crippen molar-refractivity contribution in [2.45, 2.75) is 44.6 Å². The summed E-state index contributed by atoms with van der Waals surface area (Å²) < 4.78 is 5.81. The fourth-order valence-electron chi connectivity index (χ4n) is 3.15. The fraction of sp³-hybridized carbons (Fsp3) is 0.588. The van der Waals surface area contributed by atoms with Gasteiger partial charge in [0.25, 0.3) is 5.91 Å². The second-order valence-corrected chi connectivity index (χ2v) is 7.40. The SMILES string of the molecule is CCCc1nc([C@@H]2CN(C(=O)c3sccc3C3CC3)CCO2)n[nH]1. The Morgan fingerprint density at radius 3 is 3.17 bits per heavy atom. The van der Waals surface area contributed by atoms with Gasteiger partial charge >= 0.3 is 0 Å². The van der Waals surface area contributed by atoms with Gasteiger partial charge in [0.2, 0.25) is 0 Å². The molecule has 0 bridgehead atoms. The van der Waals surface area contributed by atoms with Gasteiger partial charge in [-0.05, 0) is 42.2 Å². The summed E-state index contributed by atoms with van der Waals surface area (Å²) in [6.45, 7) is 3.78. The number of aromatic amines is 1. The van der Waals surface area contributed by atoms with E-state index in [0.717, 1.165) is 23.5 Å². The highest BCUT2D eigenvalue weighted by Gasteiger charge is 2.33. The van der Waals surface area contributed by atoms with Gasteiger partial charge in [0.15, 0.2) is 5.82 Å². The van der Waals surface area contributed by atoms with E-state index in [-0.39, 0.29) is 12.0 Å². The van der Waals surface area contributed by atoms with E-state index in [9.17, 15) is 4.79 Å². The van der Waals surface area contributed by atoms with Crippen LogP contribution in [0.4, 0.5) is 0 Å². The molecule has 1 aliphatic heterocycles. The number of aryl methyl sites for hydroxylation is 1. The summed E-state index contributed by atoms with van der Waals surface area (Å²) in [6.07, 6.45) is 4.07. The van der Waals surface area contributed by atoms with Crippen molar-refractivity contribution in [2.75, 3.05) is 19.7 Å². The standard InChI is InChI=1S/C17H22N4O2S/c1-2-3-14-18-16(20-19-14)13-10-21(7-8-23-13)17(22)15-12(6-9-24-15)11-4-5-11/h6,9,11,13H,2-5,7-8,10H2,1H3,(H,18,19,20)/t13-/m0/s1. The Labute approximate surface area is 145 Å². The molecule has 1 N–H and O–H groups in total. The molecule has 128 valence electrons. The molecule has 0 radical (unpaired) electrons. The van der Waals surface area contributed by atoms with Crippen molar-refractivity contribution in [1.82, 2.24) is 20.1 Å². The first kappa shape index (κ1) is 15.8. The third-order valence-corrected chi connectivity index (χ3v) is 5.50. The Balaban J connectivity index is 1.47. The number of H-pyrrole nitrogens is 1. The van der Waals surface area contributed by atoms with Crippen molar-refractivity contribution >= 4 is 17.2 Å². The van der Waals surface area contributed by atoms with Gasteiger partial charge in [0.05, 0.1) is 18.0 Å². The number of aromatic nitrogens is 3. The molecular formula is C17H22N4O2S. The molecule has 2 fully saturated rings. The Morgan fingerprint density at radius 2 is 2.38 bits per heavy atom. The molecule has 6 nitrogen and oxygen atoms in total. The molecule has 0 unspecified atom stereocenters. The van der Waals surface area contributed by atoms with Gasteiger partial charge in [-0.1, -0.05) is 6.92 Å². The molecule has 1 aliphatic carbocycles. The lowest BCUT2D eigenvalue weighted by Crippen LogP contribution is -2.42. The zero-order chi connectivity index (χ0) is 16.5. The first-order valence-corrected chi connectivity index (χ1v) is 9.53. The highest BCUT2D eigenvalue weighted by molar-refractivity contribution is 7.12. The number of nitrogens with zero attached hydrogens (tertiary/aromatic N) is 3. The minimum Gasteiger partial charge on any atom is -0.366 e. The largest absolute Gasteiger partial charge is 0.366 e. The minimum absolute atomic E-state index is 0.129. The maximum absolute atomic E-state index is 12.9. The Hall–Kier alpha value is -1.73. The van der Waals surface area contributed by atoms with Gasteiger partial charge in [-0.3, -0.25) is 9.89 Å². The van der Waals surface area contributed by atoms with E-state index in [1.54, 1.807) is 11.3 Å². The molecule has 0 aromatic carbocycles. The molecule has 2 aromatic heterocycles. The maximum Gasteiger partial charge on any atom is 0.264 e. The highest BCUT2D eigenvalue weighted by atomic mass is 32.1. The average Bonchev–Trinajstić information content (AvgIpc) is 3.15. The van der Waals surface area contributed by atoms with Crippen LogP contribution < -0.4 is 0 Å². The summed E-state index contributed by atoms with van der Waals surface area (Å²) in [5, 5.41) is 9.27. The molecule has 4 rings (SSSR count). The summed E-state index contributed by atoms with van der Waals surface area (Å²) in [5.74, 6) is 2.26. The van der Waals surface area contributed by atoms with E-state index in [2.05, 4.69) is 28.2 Å². The van der Waals surface area contributed by atoms with Crippen LogP contribution in [-0.4, -0.2) is 45.7 Å². The number of nitrogens with one attached hydrogen (secondary N) is 1. The van der Waals surface area contributed by atoms with Crippen LogP contribution in [0, 0.1) is 0 Å². The molecule has 1 amide bonds. The van der Waals surface area contributed by atoms with Crippen LogP contribution in [0.15, 0.2) is 11.4 Å². The first-order valence-electron chi connectivity index (χ1n) is 8.65. The molecule has 24 heavy (non-hydrogen) atoms. The number of ether oxygens (including phenoxy) is 1. The van der Waals surface area contributed by atoms with E-state index >= 15 is 0 Å². The number of morpholine rings is 1. The minimum atomic E-state index is -0.242. The second-order valence-electron chi connectivity index (χ2n) is 6.48. The molecule has 0 spiro atoms. The third kappa shape index (κ3) is 3.10. The lowest BCUT2D eigenvalue weighted by Gasteiger charge is -2.31. The molecule has 3 heterocycles. The predicted octanol–water partition coefficient (Wildman–Crippen LogP) is 2.91. The average molecular weight is 346 g/mol. The van der Waals surface area contributed by atoms with Gasteiger partial charge in [-0.2, -0.15) is 5.10 Å². The normalized spacial score (nSPS) is 21.2. The number of thiophene rings is 1. The summed E-state index contributed by atoms with van der Waals surface area (Å²) in [7, 11) is 0. The van der Waals surface area contributed by atoms with E-state index in [0.29, 0.717) is 31.4 Å². The van der Waals surface area contributed by atoms with Gasteiger partial charge in [0.1, 0.15) is 11.9 Å².